The summed E-state index contributed by atoms with van der Waals surface area (Å²) in [6, 6.07) is 3.47. The quantitative estimate of drug-likeness (QED) is 0.865. The van der Waals surface area contributed by atoms with E-state index in [0.29, 0.717) is 13.1 Å². The monoisotopic (exact) mass is 292 g/mol. The lowest BCUT2D eigenvalue weighted by molar-refractivity contribution is -0.124. The van der Waals surface area contributed by atoms with E-state index < -0.39 is 0 Å². The number of nitrogens with two attached hydrogens (primary N) is 1. The molecule has 0 aromatic carbocycles. The molecule has 0 spiro atoms. The maximum absolute atomic E-state index is 11.5. The number of piperazine rings is 1. The van der Waals surface area contributed by atoms with Gasteiger partial charge in [0.05, 0.1) is 12.0 Å². The molecule has 1 fully saturated rings. The molecule has 0 bridgehead atoms. The number of amides is 1. The van der Waals surface area contributed by atoms with Crippen molar-refractivity contribution in [1.82, 2.24) is 15.2 Å². The molecule has 1 aliphatic rings. The summed E-state index contributed by atoms with van der Waals surface area (Å²) in [5.41, 5.74) is 6.38. The van der Waals surface area contributed by atoms with Gasteiger partial charge in [-0.1, -0.05) is 0 Å². The lowest BCUT2D eigenvalue weighted by Crippen LogP contribution is -2.56. The zero-order valence-corrected chi connectivity index (χ0v) is 11.7. The van der Waals surface area contributed by atoms with Crippen LogP contribution in [0.15, 0.2) is 28.2 Å². The summed E-state index contributed by atoms with van der Waals surface area (Å²) in [4.78, 5) is 18.1. The molecule has 0 radical (unpaired) electrons. The number of hydrogen-bond donors (Lipinski definition) is 2. The van der Waals surface area contributed by atoms with Crippen molar-refractivity contribution in [3.05, 3.63) is 29.5 Å². The molecule has 3 heterocycles. The average Bonchev–Trinajstić information content (AvgIpc) is 3.09. The highest BCUT2D eigenvalue weighted by Crippen LogP contribution is 2.24. The van der Waals surface area contributed by atoms with E-state index in [9.17, 15) is 4.79 Å². The topological polar surface area (TPSA) is 84.4 Å². The smallest absolute Gasteiger partial charge is 0.236 e. The van der Waals surface area contributed by atoms with E-state index in [2.05, 4.69) is 15.2 Å². The maximum Gasteiger partial charge on any atom is 0.236 e. The van der Waals surface area contributed by atoms with Gasteiger partial charge in [0, 0.05) is 31.6 Å². The highest BCUT2D eigenvalue weighted by atomic mass is 32.1. The van der Waals surface area contributed by atoms with Crippen LogP contribution in [0.2, 0.25) is 0 Å². The van der Waals surface area contributed by atoms with Crippen molar-refractivity contribution in [3.63, 3.8) is 0 Å². The molecular formula is C13H16N4O2S. The first-order valence-corrected chi connectivity index (χ1v) is 7.34. The number of hydrogen-bond acceptors (Lipinski definition) is 6. The third kappa shape index (κ3) is 2.74. The third-order valence-electron chi connectivity index (χ3n) is 3.33. The Kier molecular flexibility index (Phi) is 3.81. The normalized spacial score (nSPS) is 20.1. The SMILES string of the molecule is NC(=O)C1CNCCN1Cc1csc(-c2ccco2)n1. The molecule has 20 heavy (non-hydrogen) atoms. The van der Waals surface area contributed by atoms with Gasteiger partial charge < -0.3 is 15.5 Å². The standard InChI is InChI=1S/C13H16N4O2S/c14-12(18)10-6-15-3-4-17(10)7-9-8-20-13(16-9)11-2-1-5-19-11/h1-2,5,8,10,15H,3-4,6-7H2,(H2,14,18). The van der Waals surface area contributed by atoms with Crippen molar-refractivity contribution < 1.29 is 9.21 Å². The number of aromatic nitrogens is 1. The van der Waals surface area contributed by atoms with Crippen molar-refractivity contribution in [1.29, 1.82) is 0 Å². The van der Waals surface area contributed by atoms with Crippen LogP contribution in [-0.4, -0.2) is 41.5 Å². The van der Waals surface area contributed by atoms with Crippen LogP contribution in [0.1, 0.15) is 5.69 Å². The number of carbonyl (C=O) groups is 1. The lowest BCUT2D eigenvalue weighted by Gasteiger charge is -2.33. The lowest BCUT2D eigenvalue weighted by atomic mass is 10.1. The van der Waals surface area contributed by atoms with E-state index in [1.54, 1.807) is 17.6 Å². The molecule has 3 N–H and O–H groups in total. The minimum absolute atomic E-state index is 0.266. The maximum atomic E-state index is 11.5. The van der Waals surface area contributed by atoms with Gasteiger partial charge in [0.15, 0.2) is 10.8 Å². The molecule has 106 valence electrons. The fourth-order valence-corrected chi connectivity index (χ4v) is 3.09. The van der Waals surface area contributed by atoms with Crippen molar-refractivity contribution in [3.8, 4) is 10.8 Å². The number of nitrogens with zero attached hydrogens (tertiary/aromatic N) is 2. The summed E-state index contributed by atoms with van der Waals surface area (Å²) in [5, 5.41) is 6.04. The van der Waals surface area contributed by atoms with Crippen LogP contribution in [0.25, 0.3) is 10.8 Å². The molecular weight excluding hydrogens is 276 g/mol. The predicted octanol–water partition coefficient (Wildman–Crippen LogP) is 0.662. The Bertz CT molecular complexity index is 581. The summed E-state index contributed by atoms with van der Waals surface area (Å²) in [5.74, 6) is 0.478. The zero-order valence-electron chi connectivity index (χ0n) is 10.9. The van der Waals surface area contributed by atoms with Gasteiger partial charge in [-0.3, -0.25) is 9.69 Å². The van der Waals surface area contributed by atoms with Crippen molar-refractivity contribution in [2.45, 2.75) is 12.6 Å². The van der Waals surface area contributed by atoms with Crippen molar-refractivity contribution in [2.75, 3.05) is 19.6 Å². The van der Waals surface area contributed by atoms with E-state index in [1.807, 2.05) is 17.5 Å². The van der Waals surface area contributed by atoms with E-state index in [-0.39, 0.29) is 11.9 Å². The van der Waals surface area contributed by atoms with Gasteiger partial charge in [0.1, 0.15) is 6.04 Å². The molecule has 1 saturated heterocycles. The van der Waals surface area contributed by atoms with Crippen LogP contribution < -0.4 is 11.1 Å². The Morgan fingerprint density at radius 3 is 3.30 bits per heavy atom. The van der Waals surface area contributed by atoms with Gasteiger partial charge in [-0.15, -0.1) is 11.3 Å². The highest BCUT2D eigenvalue weighted by molar-refractivity contribution is 7.13. The molecule has 1 aliphatic heterocycles. The molecule has 1 atom stereocenters. The summed E-state index contributed by atoms with van der Waals surface area (Å²) in [7, 11) is 0. The number of nitrogens with one attached hydrogen (secondary N) is 1. The van der Waals surface area contributed by atoms with Gasteiger partial charge >= 0.3 is 0 Å². The Labute approximate surface area is 120 Å². The molecule has 0 saturated carbocycles. The minimum Gasteiger partial charge on any atom is -0.462 e. The molecule has 6 nitrogen and oxygen atoms in total. The fraction of sp³-hybridized carbons (Fsp3) is 0.385. The van der Waals surface area contributed by atoms with Crippen LogP contribution in [0.4, 0.5) is 0 Å². The Balaban J connectivity index is 1.72. The van der Waals surface area contributed by atoms with Gasteiger partial charge in [0.2, 0.25) is 5.91 Å². The number of rotatable bonds is 4. The number of furan rings is 1. The summed E-state index contributed by atoms with van der Waals surface area (Å²) in [6.07, 6.45) is 1.63. The third-order valence-corrected chi connectivity index (χ3v) is 4.24. The number of thiazole rings is 1. The molecule has 1 amide bonds. The van der Waals surface area contributed by atoms with Gasteiger partial charge in [0.25, 0.3) is 0 Å². The van der Waals surface area contributed by atoms with Crippen molar-refractivity contribution >= 4 is 17.2 Å². The second-order valence-electron chi connectivity index (χ2n) is 4.71. The molecule has 7 heteroatoms. The second-order valence-corrected chi connectivity index (χ2v) is 5.57. The van der Waals surface area contributed by atoms with E-state index in [1.165, 1.54) is 0 Å². The van der Waals surface area contributed by atoms with Crippen LogP contribution in [0, 0.1) is 0 Å². The average molecular weight is 292 g/mol. The van der Waals surface area contributed by atoms with Crippen LogP contribution in [0.5, 0.6) is 0 Å². The highest BCUT2D eigenvalue weighted by Gasteiger charge is 2.27. The first-order chi connectivity index (χ1) is 9.74. The van der Waals surface area contributed by atoms with Crippen molar-refractivity contribution in [2.24, 2.45) is 5.73 Å². The minimum atomic E-state index is -0.293. The summed E-state index contributed by atoms with van der Waals surface area (Å²) in [6.45, 7) is 2.89. The zero-order chi connectivity index (χ0) is 13.9. The predicted molar refractivity (Wildman–Crippen MR) is 76.1 cm³/mol. The Morgan fingerprint density at radius 1 is 1.65 bits per heavy atom. The molecule has 3 rings (SSSR count). The first-order valence-electron chi connectivity index (χ1n) is 6.46. The first kappa shape index (κ1) is 13.3. The Hall–Kier alpha value is -1.70. The fourth-order valence-electron chi connectivity index (χ4n) is 2.32. The van der Waals surface area contributed by atoms with Gasteiger partial charge in [-0.25, -0.2) is 4.98 Å². The van der Waals surface area contributed by atoms with E-state index in [0.717, 1.165) is 29.6 Å². The summed E-state index contributed by atoms with van der Waals surface area (Å²) >= 11 is 1.54. The van der Waals surface area contributed by atoms with Gasteiger partial charge in [-0.05, 0) is 12.1 Å². The Morgan fingerprint density at radius 2 is 2.55 bits per heavy atom. The molecule has 2 aromatic heterocycles. The number of primary amides is 1. The van der Waals surface area contributed by atoms with Crippen LogP contribution >= 0.6 is 11.3 Å². The molecule has 2 aromatic rings. The molecule has 1 unspecified atom stereocenters. The van der Waals surface area contributed by atoms with Crippen LogP contribution in [0.3, 0.4) is 0 Å². The largest absolute Gasteiger partial charge is 0.462 e. The summed E-state index contributed by atoms with van der Waals surface area (Å²) < 4.78 is 5.33. The molecule has 0 aliphatic carbocycles. The number of carbonyl (C=O) groups excluding carboxylic acids is 1. The van der Waals surface area contributed by atoms with Gasteiger partial charge in [-0.2, -0.15) is 0 Å². The van der Waals surface area contributed by atoms with Crippen LogP contribution in [-0.2, 0) is 11.3 Å². The van der Waals surface area contributed by atoms with E-state index >= 15 is 0 Å². The second kappa shape index (κ2) is 5.74. The van der Waals surface area contributed by atoms with E-state index in [4.69, 9.17) is 10.2 Å².